The molecule has 1 aliphatic heterocycles. The highest BCUT2D eigenvalue weighted by atomic mass is 16.6. The summed E-state index contributed by atoms with van der Waals surface area (Å²) in [5.74, 6) is 1.22. The number of hydrogen-bond acceptors (Lipinski definition) is 3. The lowest BCUT2D eigenvalue weighted by Gasteiger charge is -2.35. The zero-order chi connectivity index (χ0) is 12.6. The van der Waals surface area contributed by atoms with Crippen molar-refractivity contribution in [2.45, 2.75) is 45.6 Å². The summed E-state index contributed by atoms with van der Waals surface area (Å²) in [6.07, 6.45) is 2.06. The summed E-state index contributed by atoms with van der Waals surface area (Å²) >= 11 is 0. The molecule has 1 amide bonds. The molecule has 2 rings (SSSR count). The molecule has 1 heterocycles. The average molecular weight is 239 g/mol. The standard InChI is InChI=1S/C13H21NO3/c1-13(2,3)17-12(16)14-5-4-9-6-11(15)7-10(9)8-14/h9-10H,4-8H2,1-3H3/t9-,10+/m0/s1. The number of hydrogen-bond donors (Lipinski definition) is 0. The van der Waals surface area contributed by atoms with Gasteiger partial charge in [-0.25, -0.2) is 4.79 Å². The molecule has 0 radical (unpaired) electrons. The largest absolute Gasteiger partial charge is 0.444 e. The molecule has 1 saturated heterocycles. The maximum Gasteiger partial charge on any atom is 0.410 e. The second-order valence-electron chi connectivity index (χ2n) is 6.18. The lowest BCUT2D eigenvalue weighted by atomic mass is 9.89. The van der Waals surface area contributed by atoms with E-state index in [0.717, 1.165) is 13.0 Å². The lowest BCUT2D eigenvalue weighted by molar-refractivity contribution is -0.117. The predicted molar refractivity (Wildman–Crippen MR) is 63.6 cm³/mol. The molecule has 0 aromatic heterocycles. The molecular formula is C13H21NO3. The minimum Gasteiger partial charge on any atom is -0.444 e. The molecule has 17 heavy (non-hydrogen) atoms. The van der Waals surface area contributed by atoms with Gasteiger partial charge in [0, 0.05) is 25.9 Å². The van der Waals surface area contributed by atoms with Crippen LogP contribution >= 0.6 is 0 Å². The van der Waals surface area contributed by atoms with Crippen LogP contribution < -0.4 is 0 Å². The van der Waals surface area contributed by atoms with Gasteiger partial charge in [0.2, 0.25) is 0 Å². The van der Waals surface area contributed by atoms with Gasteiger partial charge in [0.05, 0.1) is 0 Å². The van der Waals surface area contributed by atoms with Gasteiger partial charge in [-0.05, 0) is 39.0 Å². The first-order valence-electron chi connectivity index (χ1n) is 6.35. The molecule has 0 aromatic rings. The van der Waals surface area contributed by atoms with Crippen molar-refractivity contribution in [3.8, 4) is 0 Å². The maximum atomic E-state index is 11.9. The van der Waals surface area contributed by atoms with Crippen molar-refractivity contribution in [1.29, 1.82) is 0 Å². The van der Waals surface area contributed by atoms with E-state index in [4.69, 9.17) is 4.74 Å². The molecule has 96 valence electrons. The van der Waals surface area contributed by atoms with Crippen LogP contribution in [0.3, 0.4) is 0 Å². The maximum absolute atomic E-state index is 11.9. The van der Waals surface area contributed by atoms with Gasteiger partial charge < -0.3 is 9.64 Å². The Balaban J connectivity index is 1.92. The Hall–Kier alpha value is -1.06. The van der Waals surface area contributed by atoms with E-state index in [2.05, 4.69) is 0 Å². The van der Waals surface area contributed by atoms with E-state index in [1.807, 2.05) is 20.8 Å². The van der Waals surface area contributed by atoms with Crippen LogP contribution in [0.5, 0.6) is 0 Å². The number of Topliss-reactive ketones (excluding diaryl/α,β-unsaturated/α-hetero) is 1. The number of carbonyl (C=O) groups is 2. The molecule has 1 saturated carbocycles. The number of rotatable bonds is 0. The Bertz CT molecular complexity index is 332. The minimum atomic E-state index is -0.445. The number of nitrogens with zero attached hydrogens (tertiary/aromatic N) is 1. The normalized spacial score (nSPS) is 29.1. The smallest absolute Gasteiger partial charge is 0.410 e. The molecule has 2 atom stereocenters. The molecule has 0 bridgehead atoms. The molecule has 0 aromatic carbocycles. The van der Waals surface area contributed by atoms with Gasteiger partial charge >= 0.3 is 6.09 Å². The highest BCUT2D eigenvalue weighted by Gasteiger charge is 2.39. The predicted octanol–water partition coefficient (Wildman–Crippen LogP) is 2.22. The van der Waals surface area contributed by atoms with Gasteiger partial charge in [-0.2, -0.15) is 0 Å². The van der Waals surface area contributed by atoms with E-state index in [1.165, 1.54) is 0 Å². The van der Waals surface area contributed by atoms with Crippen molar-refractivity contribution in [2.75, 3.05) is 13.1 Å². The Labute approximate surface area is 102 Å². The third-order valence-electron chi connectivity index (χ3n) is 3.52. The molecule has 2 aliphatic rings. The summed E-state index contributed by atoms with van der Waals surface area (Å²) in [5, 5.41) is 0. The van der Waals surface area contributed by atoms with Gasteiger partial charge in [-0.3, -0.25) is 4.79 Å². The van der Waals surface area contributed by atoms with Crippen molar-refractivity contribution < 1.29 is 14.3 Å². The van der Waals surface area contributed by atoms with Crippen LogP contribution in [0.25, 0.3) is 0 Å². The van der Waals surface area contributed by atoms with E-state index in [9.17, 15) is 9.59 Å². The Kier molecular flexibility index (Phi) is 3.15. The van der Waals surface area contributed by atoms with Crippen LogP contribution in [0, 0.1) is 11.8 Å². The summed E-state index contributed by atoms with van der Waals surface area (Å²) in [7, 11) is 0. The molecular weight excluding hydrogens is 218 g/mol. The van der Waals surface area contributed by atoms with Crippen molar-refractivity contribution in [2.24, 2.45) is 11.8 Å². The van der Waals surface area contributed by atoms with Crippen LogP contribution in [0.4, 0.5) is 4.79 Å². The fourth-order valence-corrected chi connectivity index (χ4v) is 2.74. The molecule has 0 spiro atoms. The van der Waals surface area contributed by atoms with Crippen molar-refractivity contribution in [3.63, 3.8) is 0 Å². The van der Waals surface area contributed by atoms with Crippen LogP contribution in [-0.4, -0.2) is 35.5 Å². The van der Waals surface area contributed by atoms with E-state index in [-0.39, 0.29) is 6.09 Å². The Morgan fingerprint density at radius 2 is 1.94 bits per heavy atom. The molecule has 0 unspecified atom stereocenters. The SMILES string of the molecule is CC(C)(C)OC(=O)N1CC[C@H]2CC(=O)C[C@@H]2C1. The van der Waals surface area contributed by atoms with Crippen LogP contribution in [0.15, 0.2) is 0 Å². The quantitative estimate of drug-likeness (QED) is 0.651. The highest BCUT2D eigenvalue weighted by molar-refractivity contribution is 5.81. The van der Waals surface area contributed by atoms with E-state index in [0.29, 0.717) is 37.0 Å². The number of ketones is 1. The number of likely N-dealkylation sites (tertiary alicyclic amines) is 1. The molecule has 2 fully saturated rings. The topological polar surface area (TPSA) is 46.6 Å². The molecule has 0 N–H and O–H groups in total. The highest BCUT2D eigenvalue weighted by Crippen LogP contribution is 2.36. The Morgan fingerprint density at radius 3 is 2.59 bits per heavy atom. The summed E-state index contributed by atoms with van der Waals surface area (Å²) < 4.78 is 5.35. The van der Waals surface area contributed by atoms with Gasteiger partial charge in [0.25, 0.3) is 0 Å². The zero-order valence-electron chi connectivity index (χ0n) is 10.9. The van der Waals surface area contributed by atoms with Crippen molar-refractivity contribution >= 4 is 11.9 Å². The summed E-state index contributed by atoms with van der Waals surface area (Å²) in [4.78, 5) is 25.0. The Morgan fingerprint density at radius 1 is 1.29 bits per heavy atom. The second kappa shape index (κ2) is 4.31. The minimum absolute atomic E-state index is 0.240. The summed E-state index contributed by atoms with van der Waals surface area (Å²) in [6.45, 7) is 7.03. The van der Waals surface area contributed by atoms with E-state index >= 15 is 0 Å². The summed E-state index contributed by atoms with van der Waals surface area (Å²) in [5.41, 5.74) is -0.445. The average Bonchev–Trinajstić information content (AvgIpc) is 2.53. The zero-order valence-corrected chi connectivity index (χ0v) is 10.9. The summed E-state index contributed by atoms with van der Waals surface area (Å²) in [6, 6.07) is 0. The molecule has 4 heteroatoms. The number of fused-ring (bicyclic) bond motifs is 1. The second-order valence-corrected chi connectivity index (χ2v) is 6.18. The first kappa shape index (κ1) is 12.4. The number of ether oxygens (including phenoxy) is 1. The molecule has 4 nitrogen and oxygen atoms in total. The van der Waals surface area contributed by atoms with Crippen LogP contribution in [-0.2, 0) is 9.53 Å². The third kappa shape index (κ3) is 2.99. The van der Waals surface area contributed by atoms with Crippen LogP contribution in [0.2, 0.25) is 0 Å². The first-order valence-corrected chi connectivity index (χ1v) is 6.35. The van der Waals surface area contributed by atoms with Crippen LogP contribution in [0.1, 0.15) is 40.0 Å². The number of carbonyl (C=O) groups excluding carboxylic acids is 2. The fraction of sp³-hybridized carbons (Fsp3) is 0.846. The van der Waals surface area contributed by atoms with E-state index < -0.39 is 5.60 Å². The fourth-order valence-electron chi connectivity index (χ4n) is 2.74. The van der Waals surface area contributed by atoms with Gasteiger partial charge in [0.15, 0.2) is 0 Å². The number of piperidine rings is 1. The monoisotopic (exact) mass is 239 g/mol. The molecule has 1 aliphatic carbocycles. The van der Waals surface area contributed by atoms with E-state index in [1.54, 1.807) is 4.90 Å². The first-order chi connectivity index (χ1) is 7.85. The van der Waals surface area contributed by atoms with Gasteiger partial charge in [-0.15, -0.1) is 0 Å². The van der Waals surface area contributed by atoms with Crippen molar-refractivity contribution in [3.05, 3.63) is 0 Å². The number of amides is 1. The third-order valence-corrected chi connectivity index (χ3v) is 3.52. The van der Waals surface area contributed by atoms with Gasteiger partial charge in [0.1, 0.15) is 11.4 Å². The van der Waals surface area contributed by atoms with Gasteiger partial charge in [-0.1, -0.05) is 0 Å². The van der Waals surface area contributed by atoms with Crippen molar-refractivity contribution in [1.82, 2.24) is 4.90 Å². The lowest BCUT2D eigenvalue weighted by Crippen LogP contribution is -2.44.